The van der Waals surface area contributed by atoms with Crippen molar-refractivity contribution in [3.05, 3.63) is 0 Å². The monoisotopic (exact) mass is 342 g/mol. The van der Waals surface area contributed by atoms with Gasteiger partial charge in [-0.3, -0.25) is 14.4 Å². The molecule has 0 unspecified atom stereocenters. The van der Waals surface area contributed by atoms with E-state index in [0.717, 1.165) is 44.9 Å². The summed E-state index contributed by atoms with van der Waals surface area (Å²) in [6.45, 7) is 4.53. The van der Waals surface area contributed by atoms with Gasteiger partial charge in [0.1, 0.15) is 0 Å². The van der Waals surface area contributed by atoms with Crippen LogP contribution in [0.15, 0.2) is 0 Å². The molecule has 0 fully saturated rings. The molecule has 4 N–H and O–H groups in total. The zero-order valence-electron chi connectivity index (χ0n) is 15.0. The highest BCUT2D eigenvalue weighted by Crippen LogP contribution is 1.98. The number of amides is 3. The van der Waals surface area contributed by atoms with Gasteiger partial charge in [-0.05, 0) is 25.8 Å². The van der Waals surface area contributed by atoms with Crippen LogP contribution in [0.1, 0.15) is 58.3 Å². The zero-order chi connectivity index (χ0) is 18.0. The summed E-state index contributed by atoms with van der Waals surface area (Å²) in [5.74, 6) is 0.0298. The SMILES string of the molecule is CCCCCC(=O)NCCN(C=O)CCNC(=O)CCCCCN. The molecule has 0 aromatic carbocycles. The van der Waals surface area contributed by atoms with Gasteiger partial charge in [0.2, 0.25) is 18.2 Å². The molecule has 0 rings (SSSR count). The Hall–Kier alpha value is -1.63. The standard InChI is InChI=1S/C17H34N4O3/c1-2-3-5-8-16(23)19-11-13-21(15-22)14-12-20-17(24)9-6-4-7-10-18/h15H,2-14,18H2,1H3,(H,19,23)(H,20,24). The van der Waals surface area contributed by atoms with Crippen LogP contribution in [-0.4, -0.2) is 55.8 Å². The van der Waals surface area contributed by atoms with Crippen LogP contribution in [0.5, 0.6) is 0 Å². The Labute approximate surface area is 145 Å². The minimum atomic E-state index is 0.00194. The summed E-state index contributed by atoms with van der Waals surface area (Å²) in [6, 6.07) is 0. The molecule has 0 saturated carbocycles. The van der Waals surface area contributed by atoms with Crippen molar-refractivity contribution in [3.8, 4) is 0 Å². The molecule has 0 radical (unpaired) electrons. The number of hydrogen-bond acceptors (Lipinski definition) is 4. The number of unbranched alkanes of at least 4 members (excludes halogenated alkanes) is 4. The third kappa shape index (κ3) is 14.0. The van der Waals surface area contributed by atoms with E-state index in [1.165, 1.54) is 0 Å². The van der Waals surface area contributed by atoms with Gasteiger partial charge in [-0.15, -0.1) is 0 Å². The van der Waals surface area contributed by atoms with Crippen LogP contribution < -0.4 is 16.4 Å². The molecule has 24 heavy (non-hydrogen) atoms. The third-order valence-corrected chi connectivity index (χ3v) is 3.71. The minimum Gasteiger partial charge on any atom is -0.354 e. The summed E-state index contributed by atoms with van der Waals surface area (Å²) in [5, 5.41) is 5.61. The van der Waals surface area contributed by atoms with Crippen LogP contribution >= 0.6 is 0 Å². The molecule has 0 aromatic rings. The van der Waals surface area contributed by atoms with Crippen LogP contribution in [-0.2, 0) is 14.4 Å². The van der Waals surface area contributed by atoms with E-state index in [2.05, 4.69) is 17.6 Å². The number of rotatable bonds is 16. The fourth-order valence-electron chi connectivity index (χ4n) is 2.21. The van der Waals surface area contributed by atoms with Gasteiger partial charge < -0.3 is 21.3 Å². The normalized spacial score (nSPS) is 10.2. The van der Waals surface area contributed by atoms with Crippen molar-refractivity contribution in [2.75, 3.05) is 32.7 Å². The second kappa shape index (κ2) is 16.2. The van der Waals surface area contributed by atoms with Gasteiger partial charge in [0.15, 0.2) is 0 Å². The zero-order valence-corrected chi connectivity index (χ0v) is 15.0. The Balaban J connectivity index is 3.67. The average molecular weight is 342 g/mol. The van der Waals surface area contributed by atoms with Crippen molar-refractivity contribution in [1.29, 1.82) is 0 Å². The number of hydrogen-bond donors (Lipinski definition) is 3. The van der Waals surface area contributed by atoms with E-state index in [-0.39, 0.29) is 11.8 Å². The highest BCUT2D eigenvalue weighted by atomic mass is 16.2. The van der Waals surface area contributed by atoms with Gasteiger partial charge in [0.25, 0.3) is 0 Å². The van der Waals surface area contributed by atoms with E-state index in [9.17, 15) is 14.4 Å². The molecule has 3 amide bonds. The number of nitrogens with zero attached hydrogens (tertiary/aromatic N) is 1. The summed E-state index contributed by atoms with van der Waals surface area (Å²) in [7, 11) is 0. The molecule has 7 nitrogen and oxygen atoms in total. The largest absolute Gasteiger partial charge is 0.354 e. The summed E-state index contributed by atoms with van der Waals surface area (Å²) >= 11 is 0. The Morgan fingerprint density at radius 3 is 1.92 bits per heavy atom. The van der Waals surface area contributed by atoms with E-state index in [0.29, 0.717) is 45.6 Å². The number of carbonyl (C=O) groups excluding carboxylic acids is 3. The Morgan fingerprint density at radius 2 is 1.46 bits per heavy atom. The molecule has 0 aliphatic heterocycles. The van der Waals surface area contributed by atoms with Gasteiger partial charge >= 0.3 is 0 Å². The van der Waals surface area contributed by atoms with Crippen LogP contribution in [0.2, 0.25) is 0 Å². The summed E-state index contributed by atoms with van der Waals surface area (Å²) in [6.07, 6.45) is 7.56. The van der Waals surface area contributed by atoms with Gasteiger partial charge in [0.05, 0.1) is 0 Å². The first-order valence-electron chi connectivity index (χ1n) is 9.06. The lowest BCUT2D eigenvalue weighted by Gasteiger charge is -2.18. The van der Waals surface area contributed by atoms with E-state index in [4.69, 9.17) is 5.73 Å². The molecule has 0 aliphatic rings. The molecular weight excluding hydrogens is 308 g/mol. The smallest absolute Gasteiger partial charge is 0.220 e. The molecule has 0 heterocycles. The number of nitrogens with one attached hydrogen (secondary N) is 2. The lowest BCUT2D eigenvalue weighted by molar-refractivity contribution is -0.123. The van der Waals surface area contributed by atoms with Gasteiger partial charge in [-0.2, -0.15) is 0 Å². The van der Waals surface area contributed by atoms with Gasteiger partial charge in [-0.1, -0.05) is 26.2 Å². The first-order valence-corrected chi connectivity index (χ1v) is 9.06. The molecule has 0 aliphatic carbocycles. The topological polar surface area (TPSA) is 105 Å². The van der Waals surface area contributed by atoms with Crippen LogP contribution in [0, 0.1) is 0 Å². The lowest BCUT2D eigenvalue weighted by atomic mass is 10.2. The van der Waals surface area contributed by atoms with Crippen molar-refractivity contribution >= 4 is 18.2 Å². The highest BCUT2D eigenvalue weighted by Gasteiger charge is 2.05. The third-order valence-electron chi connectivity index (χ3n) is 3.71. The summed E-state index contributed by atoms with van der Waals surface area (Å²) in [4.78, 5) is 35.7. The second-order valence-corrected chi connectivity index (χ2v) is 5.90. The fraction of sp³-hybridized carbons (Fsp3) is 0.824. The summed E-state index contributed by atoms with van der Waals surface area (Å²) in [5.41, 5.74) is 5.40. The first kappa shape index (κ1) is 22.4. The molecule has 0 spiro atoms. The Kier molecular flexibility index (Phi) is 15.1. The average Bonchev–Trinajstić information content (AvgIpc) is 2.57. The van der Waals surface area contributed by atoms with Crippen molar-refractivity contribution < 1.29 is 14.4 Å². The van der Waals surface area contributed by atoms with Crippen LogP contribution in [0.4, 0.5) is 0 Å². The van der Waals surface area contributed by atoms with Crippen molar-refractivity contribution in [2.24, 2.45) is 5.73 Å². The van der Waals surface area contributed by atoms with E-state index in [1.807, 2.05) is 0 Å². The highest BCUT2D eigenvalue weighted by molar-refractivity contribution is 5.76. The molecule has 0 atom stereocenters. The van der Waals surface area contributed by atoms with Gasteiger partial charge in [0, 0.05) is 39.0 Å². The molecule has 0 saturated heterocycles. The fourth-order valence-corrected chi connectivity index (χ4v) is 2.21. The van der Waals surface area contributed by atoms with E-state index < -0.39 is 0 Å². The second-order valence-electron chi connectivity index (χ2n) is 5.90. The first-order chi connectivity index (χ1) is 11.6. The number of nitrogens with two attached hydrogens (primary N) is 1. The maximum atomic E-state index is 11.6. The maximum absolute atomic E-state index is 11.6. The van der Waals surface area contributed by atoms with E-state index in [1.54, 1.807) is 4.90 Å². The van der Waals surface area contributed by atoms with Crippen LogP contribution in [0.25, 0.3) is 0 Å². The Morgan fingerprint density at radius 1 is 0.917 bits per heavy atom. The minimum absolute atomic E-state index is 0.00194. The summed E-state index contributed by atoms with van der Waals surface area (Å²) < 4.78 is 0. The quantitative estimate of drug-likeness (QED) is 0.285. The lowest BCUT2D eigenvalue weighted by Crippen LogP contribution is -2.38. The maximum Gasteiger partial charge on any atom is 0.220 e. The molecular formula is C17H34N4O3. The molecule has 0 bridgehead atoms. The van der Waals surface area contributed by atoms with Gasteiger partial charge in [-0.25, -0.2) is 0 Å². The molecule has 0 aromatic heterocycles. The molecule has 7 heteroatoms. The number of carbonyl (C=O) groups is 3. The predicted octanol–water partition coefficient (Wildman–Crippen LogP) is 0.777. The van der Waals surface area contributed by atoms with Crippen molar-refractivity contribution in [1.82, 2.24) is 15.5 Å². The predicted molar refractivity (Wildman–Crippen MR) is 95.3 cm³/mol. The van der Waals surface area contributed by atoms with Crippen molar-refractivity contribution in [2.45, 2.75) is 58.3 Å². The van der Waals surface area contributed by atoms with Crippen LogP contribution in [0.3, 0.4) is 0 Å². The van der Waals surface area contributed by atoms with Crippen molar-refractivity contribution in [3.63, 3.8) is 0 Å². The van der Waals surface area contributed by atoms with E-state index >= 15 is 0 Å². The Bertz CT molecular complexity index is 351. The molecule has 140 valence electrons.